The van der Waals surface area contributed by atoms with Crippen molar-refractivity contribution in [2.45, 2.75) is 12.8 Å². The minimum atomic E-state index is 0.599. The van der Waals surface area contributed by atoms with Crippen LogP contribution in [0.2, 0.25) is 10.0 Å². The van der Waals surface area contributed by atoms with E-state index >= 15 is 0 Å². The fraction of sp³-hybridized carbons (Fsp3) is 0.211. The molecule has 0 aliphatic carbocycles. The molecular weight excluding hydrogens is 357 g/mol. The average Bonchev–Trinajstić information content (AvgIpc) is 3.18. The first-order valence-electron chi connectivity index (χ1n) is 8.08. The molecule has 1 aliphatic heterocycles. The Hall–Kier alpha value is -2.17. The summed E-state index contributed by atoms with van der Waals surface area (Å²) < 4.78 is 7.12. The minimum absolute atomic E-state index is 0.599. The molecule has 2 aromatic carbocycles. The number of hydrogen-bond donors (Lipinski definition) is 1. The van der Waals surface area contributed by atoms with Crippen molar-refractivity contribution in [2.75, 3.05) is 19.0 Å². The van der Waals surface area contributed by atoms with E-state index in [2.05, 4.69) is 17.4 Å². The molecule has 128 valence electrons. The summed E-state index contributed by atoms with van der Waals surface area (Å²) in [7, 11) is 1.67. The van der Waals surface area contributed by atoms with Crippen LogP contribution < -0.4 is 10.1 Å². The summed E-state index contributed by atoms with van der Waals surface area (Å²) >= 11 is 12.3. The number of fused-ring (bicyclic) bond motifs is 1. The monoisotopic (exact) mass is 373 g/mol. The van der Waals surface area contributed by atoms with Crippen molar-refractivity contribution in [3.8, 4) is 11.4 Å². The molecule has 0 bridgehead atoms. The number of halogens is 2. The Kier molecular flexibility index (Phi) is 4.32. The highest BCUT2D eigenvalue weighted by molar-refractivity contribution is 6.34. The smallest absolute Gasteiger partial charge is 0.133 e. The highest BCUT2D eigenvalue weighted by atomic mass is 35.5. The number of anilines is 1. The summed E-state index contributed by atoms with van der Waals surface area (Å²) in [5, 5.41) is 9.45. The Bertz CT molecular complexity index is 899. The molecule has 0 fully saturated rings. The zero-order valence-electron chi connectivity index (χ0n) is 13.7. The van der Waals surface area contributed by atoms with Crippen LogP contribution in [0.25, 0.3) is 5.69 Å². The fourth-order valence-corrected chi connectivity index (χ4v) is 3.69. The van der Waals surface area contributed by atoms with Gasteiger partial charge in [-0.2, -0.15) is 5.10 Å². The van der Waals surface area contributed by atoms with E-state index in [-0.39, 0.29) is 0 Å². The minimum Gasteiger partial charge on any atom is -0.497 e. The quantitative estimate of drug-likeness (QED) is 0.717. The lowest BCUT2D eigenvalue weighted by Gasteiger charge is -2.07. The summed E-state index contributed by atoms with van der Waals surface area (Å²) in [5.41, 5.74) is 4.39. The number of nitrogens with one attached hydrogen (secondary N) is 1. The van der Waals surface area contributed by atoms with Crippen molar-refractivity contribution in [1.82, 2.24) is 9.78 Å². The van der Waals surface area contributed by atoms with Gasteiger partial charge in [0.15, 0.2) is 0 Å². The Morgan fingerprint density at radius 2 is 1.84 bits per heavy atom. The third-order valence-corrected chi connectivity index (χ3v) is 4.79. The van der Waals surface area contributed by atoms with E-state index in [0.29, 0.717) is 10.0 Å². The first-order chi connectivity index (χ1) is 12.1. The maximum absolute atomic E-state index is 6.16. The Balaban J connectivity index is 1.72. The lowest BCUT2D eigenvalue weighted by Crippen LogP contribution is -2.05. The van der Waals surface area contributed by atoms with E-state index in [1.165, 1.54) is 11.1 Å². The van der Waals surface area contributed by atoms with Crippen molar-refractivity contribution in [1.29, 1.82) is 0 Å². The number of ether oxygens (including phenoxy) is 1. The molecule has 4 nitrogen and oxygen atoms in total. The fourth-order valence-electron chi connectivity index (χ4n) is 3.17. The Morgan fingerprint density at radius 1 is 1.12 bits per heavy atom. The van der Waals surface area contributed by atoms with Gasteiger partial charge in [-0.1, -0.05) is 35.3 Å². The number of methoxy groups -OCH3 is 1. The van der Waals surface area contributed by atoms with E-state index in [1.54, 1.807) is 13.2 Å². The number of hydrogen-bond acceptors (Lipinski definition) is 3. The van der Waals surface area contributed by atoms with Gasteiger partial charge in [0.1, 0.15) is 11.6 Å². The van der Waals surface area contributed by atoms with Crippen molar-refractivity contribution in [3.63, 3.8) is 0 Å². The third-order valence-electron chi connectivity index (χ3n) is 4.36. The van der Waals surface area contributed by atoms with E-state index in [1.807, 2.05) is 28.9 Å². The van der Waals surface area contributed by atoms with E-state index in [0.717, 1.165) is 42.3 Å². The molecule has 3 aromatic rings. The normalized spacial score (nSPS) is 12.8. The number of nitrogens with zero attached hydrogens (tertiary/aromatic N) is 2. The predicted octanol–water partition coefficient (Wildman–Crippen LogP) is 4.75. The first-order valence-corrected chi connectivity index (χ1v) is 8.83. The Morgan fingerprint density at radius 3 is 2.52 bits per heavy atom. The summed E-state index contributed by atoms with van der Waals surface area (Å²) in [6.45, 7) is 0.914. The predicted molar refractivity (Wildman–Crippen MR) is 102 cm³/mol. The zero-order chi connectivity index (χ0) is 17.4. The highest BCUT2D eigenvalue weighted by Gasteiger charge is 2.23. The van der Waals surface area contributed by atoms with Gasteiger partial charge in [0, 0.05) is 28.6 Å². The molecule has 4 rings (SSSR count). The highest BCUT2D eigenvalue weighted by Crippen LogP contribution is 2.32. The molecule has 2 heterocycles. The van der Waals surface area contributed by atoms with Gasteiger partial charge in [0.25, 0.3) is 0 Å². The second-order valence-electron chi connectivity index (χ2n) is 6.01. The van der Waals surface area contributed by atoms with Gasteiger partial charge in [0.2, 0.25) is 0 Å². The van der Waals surface area contributed by atoms with Gasteiger partial charge < -0.3 is 10.1 Å². The Labute approximate surface area is 156 Å². The SMILES string of the molecule is COc1ccc(Cc2nn(-c3cc(Cl)cc(Cl)c3)c3c2CCN3)cc1. The number of rotatable bonds is 4. The second kappa shape index (κ2) is 6.62. The topological polar surface area (TPSA) is 39.1 Å². The van der Waals surface area contributed by atoms with Crippen LogP contribution in [0.3, 0.4) is 0 Å². The van der Waals surface area contributed by atoms with Crippen LogP contribution in [0, 0.1) is 0 Å². The molecule has 1 aromatic heterocycles. The molecule has 0 radical (unpaired) electrons. The standard InChI is InChI=1S/C19H17Cl2N3O/c1-25-16-4-2-12(3-5-16)8-18-17-6-7-22-19(17)24(23-18)15-10-13(20)9-14(21)11-15/h2-5,9-11,22H,6-8H2,1H3. The van der Waals surface area contributed by atoms with Crippen LogP contribution in [0.1, 0.15) is 16.8 Å². The average molecular weight is 374 g/mol. The summed E-state index contributed by atoms with van der Waals surface area (Å²) in [6.07, 6.45) is 1.74. The molecule has 0 saturated heterocycles. The molecule has 1 N–H and O–H groups in total. The first kappa shape index (κ1) is 16.3. The van der Waals surface area contributed by atoms with Gasteiger partial charge in [-0.25, -0.2) is 4.68 Å². The van der Waals surface area contributed by atoms with Crippen molar-refractivity contribution in [3.05, 3.63) is 69.3 Å². The van der Waals surface area contributed by atoms with Crippen LogP contribution in [0.15, 0.2) is 42.5 Å². The maximum atomic E-state index is 6.16. The molecule has 6 heteroatoms. The summed E-state index contributed by atoms with van der Waals surface area (Å²) in [4.78, 5) is 0. The van der Waals surface area contributed by atoms with Gasteiger partial charge in [-0.15, -0.1) is 0 Å². The number of benzene rings is 2. The molecule has 25 heavy (non-hydrogen) atoms. The van der Waals surface area contributed by atoms with Crippen molar-refractivity contribution >= 4 is 29.0 Å². The van der Waals surface area contributed by atoms with Crippen LogP contribution in [0.5, 0.6) is 5.75 Å². The molecule has 0 atom stereocenters. The van der Waals surface area contributed by atoms with Crippen LogP contribution >= 0.6 is 23.2 Å². The number of aromatic nitrogens is 2. The molecule has 1 aliphatic rings. The molecule has 0 saturated carbocycles. The van der Waals surface area contributed by atoms with Crippen LogP contribution in [-0.2, 0) is 12.8 Å². The van der Waals surface area contributed by atoms with Gasteiger partial charge >= 0.3 is 0 Å². The van der Waals surface area contributed by atoms with Gasteiger partial charge in [0.05, 0.1) is 18.5 Å². The summed E-state index contributed by atoms with van der Waals surface area (Å²) in [5.74, 6) is 1.89. The molecular formula is C19H17Cl2N3O. The lowest BCUT2D eigenvalue weighted by molar-refractivity contribution is 0.414. The van der Waals surface area contributed by atoms with E-state index in [9.17, 15) is 0 Å². The third kappa shape index (κ3) is 3.20. The van der Waals surface area contributed by atoms with E-state index in [4.69, 9.17) is 33.0 Å². The molecule has 0 spiro atoms. The van der Waals surface area contributed by atoms with Crippen LogP contribution in [0.4, 0.5) is 5.82 Å². The van der Waals surface area contributed by atoms with Crippen LogP contribution in [-0.4, -0.2) is 23.4 Å². The van der Waals surface area contributed by atoms with Crippen molar-refractivity contribution < 1.29 is 4.74 Å². The van der Waals surface area contributed by atoms with Gasteiger partial charge in [-0.3, -0.25) is 0 Å². The maximum Gasteiger partial charge on any atom is 0.133 e. The van der Waals surface area contributed by atoms with Crippen molar-refractivity contribution in [2.24, 2.45) is 0 Å². The lowest BCUT2D eigenvalue weighted by atomic mass is 10.1. The molecule has 0 unspecified atom stereocenters. The zero-order valence-corrected chi connectivity index (χ0v) is 15.2. The largest absolute Gasteiger partial charge is 0.497 e. The van der Waals surface area contributed by atoms with Gasteiger partial charge in [-0.05, 0) is 42.3 Å². The summed E-state index contributed by atoms with van der Waals surface area (Å²) in [6, 6.07) is 13.6. The second-order valence-corrected chi connectivity index (χ2v) is 6.89. The van der Waals surface area contributed by atoms with E-state index < -0.39 is 0 Å². The molecule has 0 amide bonds.